The van der Waals surface area contributed by atoms with E-state index in [0.29, 0.717) is 36.8 Å². The summed E-state index contributed by atoms with van der Waals surface area (Å²) < 4.78 is 43.1. The molecule has 2 aromatic heterocycles. The predicted octanol–water partition coefficient (Wildman–Crippen LogP) is 3.61. The van der Waals surface area contributed by atoms with Gasteiger partial charge in [0.1, 0.15) is 10.6 Å². The topological polar surface area (TPSA) is 129 Å². The van der Waals surface area contributed by atoms with Crippen LogP contribution in [0.25, 0.3) is 11.4 Å². The number of nitrogens with zero attached hydrogens (tertiary/aromatic N) is 4. The van der Waals surface area contributed by atoms with Gasteiger partial charge >= 0.3 is 5.97 Å². The van der Waals surface area contributed by atoms with Crippen LogP contribution in [0.1, 0.15) is 55.5 Å². The fourth-order valence-electron chi connectivity index (χ4n) is 4.02. The Hall–Kier alpha value is -3.05. The van der Waals surface area contributed by atoms with Crippen molar-refractivity contribution in [3.63, 3.8) is 0 Å². The number of ether oxygens (including phenoxy) is 1. The van der Waals surface area contributed by atoms with E-state index in [-0.39, 0.29) is 29.7 Å². The summed E-state index contributed by atoms with van der Waals surface area (Å²) >= 11 is 0. The van der Waals surface area contributed by atoms with E-state index < -0.39 is 21.9 Å². The Morgan fingerprint density at radius 1 is 1.18 bits per heavy atom. The third-order valence-corrected chi connectivity index (χ3v) is 8.03. The largest absolute Gasteiger partial charge is 0.455 e. The van der Waals surface area contributed by atoms with Crippen molar-refractivity contribution in [2.45, 2.75) is 58.0 Å². The minimum absolute atomic E-state index is 0.0303. The molecule has 0 radical (unpaired) electrons. The molecule has 0 aliphatic carbocycles. The Labute approximate surface area is 198 Å². The van der Waals surface area contributed by atoms with Crippen molar-refractivity contribution < 1.29 is 27.0 Å². The van der Waals surface area contributed by atoms with Crippen LogP contribution < -0.4 is 0 Å². The van der Waals surface area contributed by atoms with Crippen molar-refractivity contribution in [3.05, 3.63) is 47.2 Å². The van der Waals surface area contributed by atoms with Crippen LogP contribution in [0.3, 0.4) is 0 Å². The van der Waals surface area contributed by atoms with E-state index in [2.05, 4.69) is 29.1 Å². The lowest BCUT2D eigenvalue weighted by Crippen LogP contribution is -2.43. The van der Waals surface area contributed by atoms with Crippen molar-refractivity contribution in [2.24, 2.45) is 5.92 Å². The average Bonchev–Trinajstić information content (AvgIpc) is 3.44. The maximum absolute atomic E-state index is 13.1. The van der Waals surface area contributed by atoms with Crippen LogP contribution in [0.2, 0.25) is 0 Å². The first-order valence-corrected chi connectivity index (χ1v) is 12.6. The molecule has 3 heterocycles. The summed E-state index contributed by atoms with van der Waals surface area (Å²) in [4.78, 5) is 17.0. The van der Waals surface area contributed by atoms with Crippen LogP contribution in [-0.4, -0.2) is 47.1 Å². The number of esters is 1. The third kappa shape index (κ3) is 4.90. The number of hydrogen-bond donors (Lipinski definition) is 0. The van der Waals surface area contributed by atoms with Crippen molar-refractivity contribution in [3.8, 4) is 11.4 Å². The Morgan fingerprint density at radius 2 is 1.91 bits per heavy atom. The number of sulfonamides is 1. The Kier molecular flexibility index (Phi) is 6.85. The van der Waals surface area contributed by atoms with Crippen LogP contribution in [0.15, 0.2) is 38.2 Å². The molecule has 0 amide bonds. The second-order valence-corrected chi connectivity index (χ2v) is 10.6. The van der Waals surface area contributed by atoms with Crippen LogP contribution >= 0.6 is 0 Å². The zero-order chi connectivity index (χ0) is 24.5. The number of benzene rings is 1. The van der Waals surface area contributed by atoms with Gasteiger partial charge in [-0.2, -0.15) is 9.29 Å². The number of carbonyl (C=O) groups excluding carboxylic acids is 1. The summed E-state index contributed by atoms with van der Waals surface area (Å²) in [5, 5.41) is 7.70. The Bertz CT molecular complexity index is 1240. The number of rotatable bonds is 7. The molecule has 11 heteroatoms. The number of piperidine rings is 1. The van der Waals surface area contributed by atoms with Crippen molar-refractivity contribution in [2.75, 3.05) is 13.1 Å². The quantitative estimate of drug-likeness (QED) is 0.458. The van der Waals surface area contributed by atoms with Gasteiger partial charge in [0.2, 0.25) is 15.8 Å². The predicted molar refractivity (Wildman–Crippen MR) is 121 cm³/mol. The van der Waals surface area contributed by atoms with Gasteiger partial charge in [0.15, 0.2) is 12.4 Å². The van der Waals surface area contributed by atoms with Gasteiger partial charge in [0, 0.05) is 18.7 Å². The molecule has 0 bridgehead atoms. The summed E-state index contributed by atoms with van der Waals surface area (Å²) in [5.74, 6) is 0.148. The summed E-state index contributed by atoms with van der Waals surface area (Å²) in [5.41, 5.74) is 2.31. The van der Waals surface area contributed by atoms with Gasteiger partial charge in [-0.15, -0.1) is 0 Å². The van der Waals surface area contributed by atoms with Gasteiger partial charge in [0.05, 0.1) is 5.92 Å². The zero-order valence-corrected chi connectivity index (χ0v) is 20.5. The van der Waals surface area contributed by atoms with Gasteiger partial charge in [-0.1, -0.05) is 48.4 Å². The molecule has 0 spiro atoms. The minimum Gasteiger partial charge on any atom is -0.455 e. The minimum atomic E-state index is -3.82. The van der Waals surface area contributed by atoms with E-state index in [1.165, 1.54) is 9.87 Å². The molecule has 1 saturated heterocycles. The Balaban J connectivity index is 1.37. The lowest BCUT2D eigenvalue weighted by atomic mass is 10.0. The number of carbonyl (C=O) groups is 1. The lowest BCUT2D eigenvalue weighted by Gasteiger charge is -2.30. The number of hydrogen-bond acceptors (Lipinski definition) is 9. The highest BCUT2D eigenvalue weighted by Crippen LogP contribution is 2.28. The van der Waals surface area contributed by atoms with Gasteiger partial charge in [-0.25, -0.2) is 8.42 Å². The van der Waals surface area contributed by atoms with Crippen LogP contribution in [0, 0.1) is 19.8 Å². The van der Waals surface area contributed by atoms with Crippen LogP contribution in [0.4, 0.5) is 0 Å². The van der Waals surface area contributed by atoms with E-state index in [4.69, 9.17) is 13.8 Å². The van der Waals surface area contributed by atoms with E-state index >= 15 is 0 Å². The van der Waals surface area contributed by atoms with E-state index in [0.717, 1.165) is 5.56 Å². The maximum Gasteiger partial charge on any atom is 0.310 e. The number of aromatic nitrogens is 3. The first-order chi connectivity index (χ1) is 16.2. The fraction of sp³-hybridized carbons (Fsp3) is 0.478. The molecule has 0 saturated carbocycles. The summed E-state index contributed by atoms with van der Waals surface area (Å²) in [6.45, 7) is 7.54. The first kappa shape index (κ1) is 24.1. The summed E-state index contributed by atoms with van der Waals surface area (Å²) in [7, 11) is -3.82. The maximum atomic E-state index is 13.1. The molecule has 182 valence electrons. The third-order valence-electron chi connectivity index (χ3n) is 5.92. The van der Waals surface area contributed by atoms with Gasteiger partial charge < -0.3 is 13.8 Å². The molecule has 10 nitrogen and oxygen atoms in total. The second-order valence-electron chi connectivity index (χ2n) is 8.75. The van der Waals surface area contributed by atoms with Gasteiger partial charge in [-0.05, 0) is 38.2 Å². The average molecular weight is 489 g/mol. The van der Waals surface area contributed by atoms with Gasteiger partial charge in [-0.3, -0.25) is 4.79 Å². The molecule has 34 heavy (non-hydrogen) atoms. The molecule has 1 unspecified atom stereocenters. The first-order valence-electron chi connectivity index (χ1n) is 11.2. The van der Waals surface area contributed by atoms with E-state index in [1.54, 1.807) is 13.8 Å². The van der Waals surface area contributed by atoms with Crippen LogP contribution in [-0.2, 0) is 26.2 Å². The molecule has 0 N–H and O–H groups in total. The highest BCUT2D eigenvalue weighted by molar-refractivity contribution is 7.89. The lowest BCUT2D eigenvalue weighted by molar-refractivity contribution is -0.151. The highest BCUT2D eigenvalue weighted by Gasteiger charge is 2.37. The molecular formula is C23H28N4O6S. The van der Waals surface area contributed by atoms with Crippen LogP contribution in [0.5, 0.6) is 0 Å². The molecule has 1 aliphatic rings. The molecule has 1 aliphatic heterocycles. The van der Waals surface area contributed by atoms with Crippen molar-refractivity contribution >= 4 is 16.0 Å². The van der Waals surface area contributed by atoms with Crippen molar-refractivity contribution in [1.82, 2.24) is 19.6 Å². The standard InChI is InChI=1S/C23H28N4O6S/c1-14(2)17-7-9-18(10-8-17)22-24-20(33-26-22)13-31-23(28)19-6-5-11-27(12-19)34(29,30)21-15(3)25-32-16(21)4/h7-10,14,19H,5-6,11-13H2,1-4H3. The van der Waals surface area contributed by atoms with E-state index in [9.17, 15) is 13.2 Å². The molecule has 4 rings (SSSR count). The summed E-state index contributed by atoms with van der Waals surface area (Å²) in [6, 6.07) is 7.88. The molecule has 1 fully saturated rings. The zero-order valence-electron chi connectivity index (χ0n) is 19.6. The molecule has 1 aromatic carbocycles. The second kappa shape index (κ2) is 9.67. The fourth-order valence-corrected chi connectivity index (χ4v) is 5.84. The molecule has 3 aromatic rings. The summed E-state index contributed by atoms with van der Waals surface area (Å²) in [6.07, 6.45) is 1.07. The number of aryl methyl sites for hydroxylation is 2. The molecular weight excluding hydrogens is 460 g/mol. The Morgan fingerprint density at radius 3 is 2.56 bits per heavy atom. The molecule has 1 atom stereocenters. The highest BCUT2D eigenvalue weighted by atomic mass is 32.2. The van der Waals surface area contributed by atoms with Gasteiger partial charge in [0.25, 0.3) is 5.89 Å². The SMILES string of the molecule is Cc1noc(C)c1S(=O)(=O)N1CCCC(C(=O)OCc2nc(-c3ccc(C(C)C)cc3)no2)C1. The normalized spacial score (nSPS) is 17.3. The van der Waals surface area contributed by atoms with Crippen molar-refractivity contribution in [1.29, 1.82) is 0 Å². The van der Waals surface area contributed by atoms with E-state index in [1.807, 2.05) is 24.3 Å². The monoisotopic (exact) mass is 488 g/mol. The smallest absolute Gasteiger partial charge is 0.310 e.